The summed E-state index contributed by atoms with van der Waals surface area (Å²) in [6, 6.07) is 6.38. The lowest BCUT2D eigenvalue weighted by Gasteiger charge is -2.33. The maximum atomic E-state index is 12.8. The van der Waals surface area contributed by atoms with Crippen LogP contribution in [-0.4, -0.2) is 32.5 Å². The molecule has 2 aromatic rings. The van der Waals surface area contributed by atoms with Crippen molar-refractivity contribution in [2.45, 2.75) is 31.8 Å². The summed E-state index contributed by atoms with van der Waals surface area (Å²) in [7, 11) is 0. The van der Waals surface area contributed by atoms with Crippen molar-refractivity contribution in [2.75, 3.05) is 0 Å². The van der Waals surface area contributed by atoms with Gasteiger partial charge in [-0.2, -0.15) is 0 Å². The van der Waals surface area contributed by atoms with E-state index in [4.69, 9.17) is 0 Å². The molecular formula is C19H16O5. The summed E-state index contributed by atoms with van der Waals surface area (Å²) in [6.07, 6.45) is 0.862. The molecule has 0 aromatic heterocycles. The Bertz CT molecular complexity index is 924. The molecule has 5 nitrogen and oxygen atoms in total. The van der Waals surface area contributed by atoms with E-state index in [1.165, 1.54) is 6.07 Å². The van der Waals surface area contributed by atoms with Crippen LogP contribution in [0.4, 0.5) is 0 Å². The smallest absolute Gasteiger partial charge is 0.198 e. The van der Waals surface area contributed by atoms with Gasteiger partial charge < -0.3 is 15.3 Å². The molecule has 0 bridgehead atoms. The molecule has 4 rings (SSSR count). The third-order valence-corrected chi connectivity index (χ3v) is 5.00. The van der Waals surface area contributed by atoms with Crippen molar-refractivity contribution in [3.8, 4) is 11.5 Å². The minimum absolute atomic E-state index is 0.123. The van der Waals surface area contributed by atoms with Crippen LogP contribution in [0.5, 0.6) is 11.5 Å². The summed E-state index contributed by atoms with van der Waals surface area (Å²) in [5, 5.41) is 31.6. The Labute approximate surface area is 138 Å². The molecule has 3 N–H and O–H groups in total. The van der Waals surface area contributed by atoms with E-state index >= 15 is 0 Å². The van der Waals surface area contributed by atoms with Gasteiger partial charge in [-0.1, -0.05) is 24.3 Å². The van der Waals surface area contributed by atoms with Gasteiger partial charge in [0.05, 0.1) is 16.7 Å². The van der Waals surface area contributed by atoms with Crippen LogP contribution < -0.4 is 0 Å². The molecule has 2 aromatic carbocycles. The molecule has 122 valence electrons. The standard InChI is InChI=1S/C19H16O5/c1-19(24)7-6-11-12(8-19)18(23)14-13(17(11)22)15(20)9-4-2-3-5-10(9)16(14)21/h2-5,22-24H,6-8H2,1H3. The Kier molecular flexibility index (Phi) is 2.90. The first-order valence-corrected chi connectivity index (χ1v) is 7.82. The normalized spacial score (nSPS) is 21.9. The third kappa shape index (κ3) is 1.85. The maximum absolute atomic E-state index is 12.8. The number of phenolic OH excluding ortho intramolecular Hbond substituents is 2. The van der Waals surface area contributed by atoms with E-state index in [1.54, 1.807) is 25.1 Å². The van der Waals surface area contributed by atoms with Crippen LogP contribution in [0, 0.1) is 0 Å². The molecule has 1 atom stereocenters. The Hall–Kier alpha value is -2.66. The summed E-state index contributed by atoms with van der Waals surface area (Å²) in [4.78, 5) is 25.6. The molecule has 2 aliphatic rings. The molecule has 0 fully saturated rings. The first-order valence-electron chi connectivity index (χ1n) is 7.82. The van der Waals surface area contributed by atoms with Gasteiger partial charge in [0.2, 0.25) is 0 Å². The predicted octanol–water partition coefficient (Wildman–Crippen LogP) is 2.11. The molecule has 0 heterocycles. The van der Waals surface area contributed by atoms with Gasteiger partial charge >= 0.3 is 0 Å². The van der Waals surface area contributed by atoms with E-state index in [2.05, 4.69) is 0 Å². The Morgan fingerprint density at radius 1 is 0.917 bits per heavy atom. The number of ketones is 2. The minimum atomic E-state index is -1.02. The fourth-order valence-corrected chi connectivity index (χ4v) is 3.74. The van der Waals surface area contributed by atoms with Gasteiger partial charge in [-0.3, -0.25) is 9.59 Å². The molecule has 24 heavy (non-hydrogen) atoms. The summed E-state index contributed by atoms with van der Waals surface area (Å²) < 4.78 is 0. The zero-order chi connectivity index (χ0) is 17.2. The molecule has 1 unspecified atom stereocenters. The Morgan fingerprint density at radius 3 is 1.96 bits per heavy atom. The Morgan fingerprint density at radius 2 is 1.42 bits per heavy atom. The molecule has 2 aliphatic carbocycles. The fourth-order valence-electron chi connectivity index (χ4n) is 3.74. The van der Waals surface area contributed by atoms with Crippen molar-refractivity contribution in [1.29, 1.82) is 0 Å². The summed E-state index contributed by atoms with van der Waals surface area (Å²) in [5.41, 5.74) is -0.0738. The highest BCUT2D eigenvalue weighted by Crippen LogP contribution is 2.46. The second kappa shape index (κ2) is 4.68. The number of hydrogen-bond donors (Lipinski definition) is 3. The van der Waals surface area contributed by atoms with Crippen LogP contribution in [0.15, 0.2) is 24.3 Å². The van der Waals surface area contributed by atoms with Crippen LogP contribution in [0.2, 0.25) is 0 Å². The lowest BCUT2D eigenvalue weighted by atomic mass is 9.75. The van der Waals surface area contributed by atoms with Gasteiger partial charge in [0.15, 0.2) is 11.6 Å². The second-order valence-electron chi connectivity index (χ2n) is 6.78. The van der Waals surface area contributed by atoms with Gasteiger partial charge in [0.25, 0.3) is 0 Å². The summed E-state index contributed by atoms with van der Waals surface area (Å²) in [6.45, 7) is 1.65. The van der Waals surface area contributed by atoms with Crippen molar-refractivity contribution in [3.05, 3.63) is 57.6 Å². The van der Waals surface area contributed by atoms with Crippen LogP contribution >= 0.6 is 0 Å². The van der Waals surface area contributed by atoms with E-state index in [0.29, 0.717) is 24.0 Å². The predicted molar refractivity (Wildman–Crippen MR) is 85.7 cm³/mol. The number of fused-ring (bicyclic) bond motifs is 3. The molecular weight excluding hydrogens is 308 g/mol. The number of carbonyl (C=O) groups is 2. The SMILES string of the molecule is CC1(O)CCc2c(O)c3c(c(O)c2C1)C(=O)c1ccccc1C3=O. The van der Waals surface area contributed by atoms with Crippen LogP contribution in [-0.2, 0) is 12.8 Å². The Balaban J connectivity index is 2.04. The van der Waals surface area contributed by atoms with E-state index in [1.807, 2.05) is 0 Å². The first-order chi connectivity index (χ1) is 11.3. The zero-order valence-corrected chi connectivity index (χ0v) is 13.1. The molecule has 0 saturated heterocycles. The van der Waals surface area contributed by atoms with Gasteiger partial charge in [-0.05, 0) is 19.8 Å². The molecule has 5 heteroatoms. The lowest BCUT2D eigenvalue weighted by molar-refractivity contribution is 0.0446. The third-order valence-electron chi connectivity index (χ3n) is 5.00. The number of aliphatic hydroxyl groups is 1. The minimum Gasteiger partial charge on any atom is -0.507 e. The number of benzene rings is 2. The summed E-state index contributed by atoms with van der Waals surface area (Å²) >= 11 is 0. The van der Waals surface area contributed by atoms with Crippen LogP contribution in [0.25, 0.3) is 0 Å². The average Bonchev–Trinajstić information content (AvgIpc) is 2.55. The first kappa shape index (κ1) is 14.9. The van der Waals surface area contributed by atoms with E-state index < -0.39 is 17.2 Å². The second-order valence-corrected chi connectivity index (χ2v) is 6.78. The molecule has 0 radical (unpaired) electrons. The summed E-state index contributed by atoms with van der Waals surface area (Å²) in [5.74, 6) is -1.50. The quantitative estimate of drug-likeness (QED) is 0.551. The highest BCUT2D eigenvalue weighted by molar-refractivity contribution is 6.30. The average molecular weight is 324 g/mol. The van der Waals surface area contributed by atoms with Gasteiger partial charge in [-0.15, -0.1) is 0 Å². The molecule has 0 spiro atoms. The van der Waals surface area contributed by atoms with Crippen molar-refractivity contribution >= 4 is 11.6 Å². The number of phenols is 2. The maximum Gasteiger partial charge on any atom is 0.198 e. The van der Waals surface area contributed by atoms with Crippen molar-refractivity contribution < 1.29 is 24.9 Å². The number of rotatable bonds is 0. The van der Waals surface area contributed by atoms with E-state index in [9.17, 15) is 24.9 Å². The largest absolute Gasteiger partial charge is 0.507 e. The number of carbonyl (C=O) groups excluding carboxylic acids is 2. The van der Waals surface area contributed by atoms with Crippen LogP contribution in [0.3, 0.4) is 0 Å². The lowest BCUT2D eigenvalue weighted by Crippen LogP contribution is -2.33. The molecule has 0 aliphatic heterocycles. The van der Waals surface area contributed by atoms with E-state index in [0.717, 1.165) is 0 Å². The van der Waals surface area contributed by atoms with Gasteiger partial charge in [0.1, 0.15) is 11.5 Å². The van der Waals surface area contributed by atoms with Crippen molar-refractivity contribution in [2.24, 2.45) is 0 Å². The van der Waals surface area contributed by atoms with Crippen molar-refractivity contribution in [1.82, 2.24) is 0 Å². The highest BCUT2D eigenvalue weighted by Gasteiger charge is 2.40. The van der Waals surface area contributed by atoms with Crippen LogP contribution in [0.1, 0.15) is 56.3 Å². The number of hydrogen-bond acceptors (Lipinski definition) is 5. The molecule has 0 saturated carbocycles. The monoisotopic (exact) mass is 324 g/mol. The van der Waals surface area contributed by atoms with Gasteiger partial charge in [-0.25, -0.2) is 0 Å². The van der Waals surface area contributed by atoms with E-state index in [-0.39, 0.29) is 40.2 Å². The zero-order valence-electron chi connectivity index (χ0n) is 13.1. The highest BCUT2D eigenvalue weighted by atomic mass is 16.3. The molecule has 0 amide bonds. The number of aromatic hydroxyl groups is 2. The topological polar surface area (TPSA) is 94.8 Å². The van der Waals surface area contributed by atoms with Crippen molar-refractivity contribution in [3.63, 3.8) is 0 Å². The fraction of sp³-hybridized carbons (Fsp3) is 0.263. The van der Waals surface area contributed by atoms with Gasteiger partial charge in [0, 0.05) is 28.7 Å².